The molecule has 2 saturated heterocycles. The van der Waals surface area contributed by atoms with Gasteiger partial charge in [-0.15, -0.1) is 0 Å². The molecule has 3 rings (SSSR count). The van der Waals surface area contributed by atoms with Gasteiger partial charge < -0.3 is 4.74 Å². The lowest BCUT2D eigenvalue weighted by Gasteiger charge is -2.17. The van der Waals surface area contributed by atoms with Crippen LogP contribution in [0.4, 0.5) is 0 Å². The third-order valence-corrected chi connectivity index (χ3v) is 3.97. The normalized spacial score (nSPS) is 28.4. The first-order chi connectivity index (χ1) is 10.0. The number of nitrogens with zero attached hydrogens (tertiary/aromatic N) is 1. The van der Waals surface area contributed by atoms with Gasteiger partial charge in [0.25, 0.3) is 0 Å². The number of carbonyl (C=O) groups is 3. The van der Waals surface area contributed by atoms with Crippen molar-refractivity contribution in [2.45, 2.75) is 12.1 Å². The van der Waals surface area contributed by atoms with Crippen LogP contribution in [0.3, 0.4) is 0 Å². The number of nitrogens with one attached hydrogen (secondary N) is 2. The number of methoxy groups -OCH3 is 1. The molecule has 1 aromatic rings. The molecule has 2 aliphatic heterocycles. The number of hydrazine groups is 1. The van der Waals surface area contributed by atoms with Crippen LogP contribution in [-0.4, -0.2) is 43.0 Å². The molecule has 2 amide bonds. The van der Waals surface area contributed by atoms with E-state index in [9.17, 15) is 14.4 Å². The van der Waals surface area contributed by atoms with Gasteiger partial charge in [0.05, 0.1) is 24.6 Å². The summed E-state index contributed by atoms with van der Waals surface area (Å²) in [5.74, 6) is -1.44. The van der Waals surface area contributed by atoms with Crippen LogP contribution in [0, 0.1) is 5.92 Å². The number of ether oxygens (including phenoxy) is 1. The van der Waals surface area contributed by atoms with Gasteiger partial charge in [0.15, 0.2) is 0 Å². The van der Waals surface area contributed by atoms with Crippen LogP contribution in [0.25, 0.3) is 0 Å². The molecule has 1 aromatic carbocycles. The molecular formula is C14H15N3O4. The number of fused-ring (bicyclic) bond motifs is 1. The fraction of sp³-hybridized carbons (Fsp3) is 0.357. The second-order valence-corrected chi connectivity index (χ2v) is 5.16. The molecule has 7 heteroatoms. The van der Waals surface area contributed by atoms with E-state index in [0.29, 0.717) is 5.56 Å². The van der Waals surface area contributed by atoms with Gasteiger partial charge in [-0.25, -0.2) is 15.2 Å². The fourth-order valence-corrected chi connectivity index (χ4v) is 2.94. The first-order valence-corrected chi connectivity index (χ1v) is 6.55. The van der Waals surface area contributed by atoms with Gasteiger partial charge in [0, 0.05) is 7.05 Å². The maximum absolute atomic E-state index is 11.9. The van der Waals surface area contributed by atoms with Gasteiger partial charge in [0.2, 0.25) is 11.8 Å². The first kappa shape index (κ1) is 13.7. The number of hydrogen-bond donors (Lipinski definition) is 2. The highest BCUT2D eigenvalue weighted by atomic mass is 16.5. The Hall–Kier alpha value is -2.25. The Labute approximate surface area is 121 Å². The molecule has 110 valence electrons. The zero-order valence-electron chi connectivity index (χ0n) is 11.6. The van der Waals surface area contributed by atoms with Crippen molar-refractivity contribution in [3.63, 3.8) is 0 Å². The minimum Gasteiger partial charge on any atom is -0.465 e. The summed E-state index contributed by atoms with van der Waals surface area (Å²) in [6, 6.07) is 6.02. The Morgan fingerprint density at radius 3 is 2.48 bits per heavy atom. The maximum Gasteiger partial charge on any atom is 0.337 e. The number of benzene rings is 1. The van der Waals surface area contributed by atoms with E-state index in [0.717, 1.165) is 5.56 Å². The van der Waals surface area contributed by atoms with Crippen molar-refractivity contribution in [3.8, 4) is 0 Å². The van der Waals surface area contributed by atoms with Crippen molar-refractivity contribution >= 4 is 17.8 Å². The van der Waals surface area contributed by atoms with Crippen LogP contribution in [0.15, 0.2) is 24.3 Å². The summed E-state index contributed by atoms with van der Waals surface area (Å²) in [5.41, 5.74) is 4.41. The van der Waals surface area contributed by atoms with Crippen molar-refractivity contribution < 1.29 is 19.1 Å². The lowest BCUT2D eigenvalue weighted by Crippen LogP contribution is -2.41. The molecule has 0 radical (unpaired) electrons. The Morgan fingerprint density at radius 1 is 1.19 bits per heavy atom. The highest BCUT2D eigenvalue weighted by Gasteiger charge is 2.53. The average molecular weight is 289 g/mol. The molecule has 0 bridgehead atoms. The maximum atomic E-state index is 11.9. The number of imide groups is 1. The van der Waals surface area contributed by atoms with Crippen molar-refractivity contribution in [1.82, 2.24) is 15.8 Å². The van der Waals surface area contributed by atoms with Crippen LogP contribution in [-0.2, 0) is 14.3 Å². The number of likely N-dealkylation sites (N-methyl/N-ethyl adjacent to an activating group) is 1. The molecule has 3 atom stereocenters. The molecule has 0 aliphatic carbocycles. The highest BCUT2D eigenvalue weighted by molar-refractivity contribution is 6.07. The third-order valence-electron chi connectivity index (χ3n) is 3.97. The van der Waals surface area contributed by atoms with Gasteiger partial charge in [0.1, 0.15) is 6.04 Å². The van der Waals surface area contributed by atoms with E-state index in [4.69, 9.17) is 0 Å². The summed E-state index contributed by atoms with van der Waals surface area (Å²) in [4.78, 5) is 35.1. The van der Waals surface area contributed by atoms with E-state index in [-0.39, 0.29) is 17.9 Å². The van der Waals surface area contributed by atoms with E-state index in [2.05, 4.69) is 15.5 Å². The van der Waals surface area contributed by atoms with Crippen molar-refractivity contribution in [2.75, 3.05) is 14.2 Å². The first-order valence-electron chi connectivity index (χ1n) is 6.55. The Balaban J connectivity index is 1.89. The van der Waals surface area contributed by atoms with Crippen LogP contribution >= 0.6 is 0 Å². The van der Waals surface area contributed by atoms with Gasteiger partial charge in [-0.2, -0.15) is 0 Å². The van der Waals surface area contributed by atoms with Gasteiger partial charge in [-0.3, -0.25) is 14.9 Å². The van der Waals surface area contributed by atoms with Crippen LogP contribution in [0.2, 0.25) is 0 Å². The van der Waals surface area contributed by atoms with E-state index >= 15 is 0 Å². The number of esters is 1. The zero-order valence-corrected chi connectivity index (χ0v) is 11.6. The second kappa shape index (κ2) is 4.94. The molecule has 0 spiro atoms. The molecule has 2 aliphatic rings. The van der Waals surface area contributed by atoms with Crippen molar-refractivity contribution in [2.24, 2.45) is 5.92 Å². The smallest absolute Gasteiger partial charge is 0.337 e. The minimum atomic E-state index is -0.497. The highest BCUT2D eigenvalue weighted by Crippen LogP contribution is 2.36. The van der Waals surface area contributed by atoms with E-state index in [1.54, 1.807) is 36.3 Å². The fourth-order valence-electron chi connectivity index (χ4n) is 2.94. The summed E-state index contributed by atoms with van der Waals surface area (Å²) >= 11 is 0. The summed E-state index contributed by atoms with van der Waals surface area (Å²) in [7, 11) is 3.06. The minimum absolute atomic E-state index is 0.274. The van der Waals surface area contributed by atoms with E-state index < -0.39 is 17.9 Å². The third kappa shape index (κ3) is 2.10. The topological polar surface area (TPSA) is 87.7 Å². The molecular weight excluding hydrogens is 274 g/mol. The van der Waals surface area contributed by atoms with Gasteiger partial charge >= 0.3 is 5.97 Å². The standard InChI is InChI=1S/C14H15N3O4/c1-17-11-9(12(18)15-13(11)19)10(16-17)7-3-5-8(6-4-7)14(20)21-2/h3-6,9-11,16H,1-2H3,(H,15,18,19). The lowest BCUT2D eigenvalue weighted by molar-refractivity contribution is -0.127. The lowest BCUT2D eigenvalue weighted by atomic mass is 9.90. The predicted molar refractivity (Wildman–Crippen MR) is 71.8 cm³/mol. The Morgan fingerprint density at radius 2 is 1.86 bits per heavy atom. The Kier molecular flexibility index (Phi) is 3.23. The predicted octanol–water partition coefficient (Wildman–Crippen LogP) is -0.394. The average Bonchev–Trinajstić information content (AvgIpc) is 2.98. The molecule has 0 aromatic heterocycles. The molecule has 21 heavy (non-hydrogen) atoms. The molecule has 0 saturated carbocycles. The van der Waals surface area contributed by atoms with Crippen LogP contribution < -0.4 is 10.7 Å². The summed E-state index contributed by atoms with van der Waals surface area (Å²) in [5, 5.41) is 4.01. The van der Waals surface area contributed by atoms with Crippen LogP contribution in [0.1, 0.15) is 22.0 Å². The SMILES string of the molecule is COC(=O)c1ccc(C2NN(C)C3C(=O)NC(=O)C23)cc1. The van der Waals surface area contributed by atoms with Crippen LogP contribution in [0.5, 0.6) is 0 Å². The molecule has 3 unspecified atom stereocenters. The quantitative estimate of drug-likeness (QED) is 0.569. The Bertz CT molecular complexity index is 613. The molecule has 2 fully saturated rings. The summed E-state index contributed by atoms with van der Waals surface area (Å²) in [6.45, 7) is 0. The largest absolute Gasteiger partial charge is 0.465 e. The number of carbonyl (C=O) groups excluding carboxylic acids is 3. The van der Waals surface area contributed by atoms with Gasteiger partial charge in [-0.1, -0.05) is 12.1 Å². The summed E-state index contributed by atoms with van der Waals surface area (Å²) < 4.78 is 4.65. The van der Waals surface area contributed by atoms with Gasteiger partial charge in [-0.05, 0) is 17.7 Å². The number of rotatable bonds is 2. The molecule has 7 nitrogen and oxygen atoms in total. The van der Waals surface area contributed by atoms with E-state index in [1.165, 1.54) is 7.11 Å². The number of amides is 2. The zero-order chi connectivity index (χ0) is 15.1. The molecule has 2 heterocycles. The van der Waals surface area contributed by atoms with Crippen molar-refractivity contribution in [1.29, 1.82) is 0 Å². The monoisotopic (exact) mass is 289 g/mol. The number of hydrogen-bond acceptors (Lipinski definition) is 6. The summed E-state index contributed by atoms with van der Waals surface area (Å²) in [6.07, 6.45) is 0. The van der Waals surface area contributed by atoms with Crippen molar-refractivity contribution in [3.05, 3.63) is 35.4 Å². The van der Waals surface area contributed by atoms with E-state index in [1.807, 2.05) is 0 Å². The second-order valence-electron chi connectivity index (χ2n) is 5.16. The molecule has 2 N–H and O–H groups in total.